The molecule has 1 fully saturated rings. The normalized spacial score (nSPS) is 16.8. The first-order valence-electron chi connectivity index (χ1n) is 6.63. The molecule has 1 aromatic heterocycles. The van der Waals surface area contributed by atoms with E-state index < -0.39 is 0 Å². The van der Waals surface area contributed by atoms with E-state index in [1.165, 1.54) is 19.3 Å². The summed E-state index contributed by atoms with van der Waals surface area (Å²) in [5.74, 6) is 0.122. The van der Waals surface area contributed by atoms with E-state index in [1.54, 1.807) is 11.3 Å². The van der Waals surface area contributed by atoms with E-state index in [0.717, 1.165) is 28.4 Å². The molecule has 0 aromatic carbocycles. The topological polar surface area (TPSA) is 68.0 Å². The predicted octanol–water partition coefficient (Wildman–Crippen LogP) is 1.90. The van der Waals surface area contributed by atoms with Crippen molar-refractivity contribution in [1.82, 2.24) is 10.3 Å². The smallest absolute Gasteiger partial charge is 0.225 e. The number of aryl methyl sites for hydroxylation is 1. The van der Waals surface area contributed by atoms with Gasteiger partial charge in [-0.3, -0.25) is 4.79 Å². The Hall–Kier alpha value is -0.940. The second kappa shape index (κ2) is 6.29. The number of nitrogens with zero attached hydrogens (tertiary/aromatic N) is 1. The molecular weight excluding hydrogens is 246 g/mol. The summed E-state index contributed by atoms with van der Waals surface area (Å²) in [7, 11) is 0. The number of carbonyl (C=O) groups excluding carboxylic acids is 1. The van der Waals surface area contributed by atoms with Crippen LogP contribution >= 0.6 is 11.3 Å². The summed E-state index contributed by atoms with van der Waals surface area (Å²) in [5.41, 5.74) is 6.50. The lowest BCUT2D eigenvalue weighted by Gasteiger charge is -2.22. The number of amides is 1. The van der Waals surface area contributed by atoms with Gasteiger partial charge < -0.3 is 11.1 Å². The molecule has 0 radical (unpaired) electrons. The molecule has 1 heterocycles. The monoisotopic (exact) mass is 267 g/mol. The molecule has 0 bridgehead atoms. The Morgan fingerprint density at radius 1 is 1.44 bits per heavy atom. The minimum atomic E-state index is 0.122. The van der Waals surface area contributed by atoms with Crippen LogP contribution in [0, 0.1) is 6.92 Å². The Labute approximate surface area is 112 Å². The van der Waals surface area contributed by atoms with Gasteiger partial charge >= 0.3 is 0 Å². The maximum absolute atomic E-state index is 12.0. The fourth-order valence-corrected chi connectivity index (χ4v) is 3.36. The summed E-state index contributed by atoms with van der Waals surface area (Å²) in [4.78, 5) is 17.4. The molecule has 1 aliphatic carbocycles. The Bertz CT molecular complexity index is 410. The van der Waals surface area contributed by atoms with Crippen LogP contribution in [0.3, 0.4) is 0 Å². The Morgan fingerprint density at radius 2 is 2.17 bits per heavy atom. The van der Waals surface area contributed by atoms with Gasteiger partial charge in [0.05, 0.1) is 12.1 Å². The van der Waals surface area contributed by atoms with Gasteiger partial charge in [-0.05, 0) is 19.8 Å². The molecule has 0 atom stereocenters. The number of hydrogen-bond donors (Lipinski definition) is 2. The van der Waals surface area contributed by atoms with Gasteiger partial charge in [0.1, 0.15) is 5.01 Å². The molecular formula is C13H21N3OS. The quantitative estimate of drug-likeness (QED) is 0.875. The SMILES string of the molecule is Cc1nc(CN)sc1CC(=O)NC1CCCCC1. The minimum absolute atomic E-state index is 0.122. The highest BCUT2D eigenvalue weighted by Gasteiger charge is 2.17. The lowest BCUT2D eigenvalue weighted by molar-refractivity contribution is -0.121. The average molecular weight is 267 g/mol. The number of thiazole rings is 1. The lowest BCUT2D eigenvalue weighted by Crippen LogP contribution is -2.37. The molecule has 0 spiro atoms. The van der Waals surface area contributed by atoms with Gasteiger partial charge in [0.15, 0.2) is 0 Å². The highest BCUT2D eigenvalue weighted by Crippen LogP contribution is 2.20. The maximum Gasteiger partial charge on any atom is 0.225 e. The third-order valence-electron chi connectivity index (χ3n) is 3.40. The first-order valence-corrected chi connectivity index (χ1v) is 7.45. The molecule has 18 heavy (non-hydrogen) atoms. The highest BCUT2D eigenvalue weighted by atomic mass is 32.1. The molecule has 4 nitrogen and oxygen atoms in total. The van der Waals surface area contributed by atoms with Crippen molar-refractivity contribution in [3.8, 4) is 0 Å². The Morgan fingerprint density at radius 3 is 2.78 bits per heavy atom. The van der Waals surface area contributed by atoms with Crippen LogP contribution in [0.2, 0.25) is 0 Å². The van der Waals surface area contributed by atoms with Gasteiger partial charge in [-0.25, -0.2) is 4.98 Å². The summed E-state index contributed by atoms with van der Waals surface area (Å²) in [6.07, 6.45) is 6.48. The molecule has 1 saturated carbocycles. The number of nitrogens with two attached hydrogens (primary N) is 1. The van der Waals surface area contributed by atoms with Gasteiger partial charge in [-0.1, -0.05) is 19.3 Å². The van der Waals surface area contributed by atoms with Crippen LogP contribution in [-0.2, 0) is 17.8 Å². The fourth-order valence-electron chi connectivity index (χ4n) is 2.41. The molecule has 3 N–H and O–H groups in total. The Kier molecular flexibility index (Phi) is 4.72. The summed E-state index contributed by atoms with van der Waals surface area (Å²) < 4.78 is 0. The van der Waals surface area contributed by atoms with Crippen molar-refractivity contribution in [3.05, 3.63) is 15.6 Å². The largest absolute Gasteiger partial charge is 0.353 e. The van der Waals surface area contributed by atoms with Gasteiger partial charge in [-0.2, -0.15) is 0 Å². The number of carbonyl (C=O) groups is 1. The van der Waals surface area contributed by atoms with Crippen molar-refractivity contribution in [1.29, 1.82) is 0 Å². The van der Waals surface area contributed by atoms with Crippen molar-refractivity contribution in [2.45, 2.75) is 58.0 Å². The average Bonchev–Trinajstić information content (AvgIpc) is 2.71. The van der Waals surface area contributed by atoms with E-state index in [0.29, 0.717) is 19.0 Å². The molecule has 2 rings (SSSR count). The highest BCUT2D eigenvalue weighted by molar-refractivity contribution is 7.11. The summed E-state index contributed by atoms with van der Waals surface area (Å²) in [6.45, 7) is 2.40. The molecule has 1 amide bonds. The third-order valence-corrected chi connectivity index (χ3v) is 4.58. The first kappa shape index (κ1) is 13.5. The second-order valence-corrected chi connectivity index (χ2v) is 6.07. The summed E-state index contributed by atoms with van der Waals surface area (Å²) >= 11 is 1.55. The molecule has 1 aromatic rings. The van der Waals surface area contributed by atoms with Crippen molar-refractivity contribution in [2.75, 3.05) is 0 Å². The van der Waals surface area contributed by atoms with Crippen LogP contribution in [0.25, 0.3) is 0 Å². The van der Waals surface area contributed by atoms with Crippen LogP contribution in [0.5, 0.6) is 0 Å². The van der Waals surface area contributed by atoms with Gasteiger partial charge in [0, 0.05) is 17.5 Å². The third kappa shape index (κ3) is 3.53. The van der Waals surface area contributed by atoms with Crippen molar-refractivity contribution in [2.24, 2.45) is 5.73 Å². The summed E-state index contributed by atoms with van der Waals surface area (Å²) in [5, 5.41) is 4.04. The van der Waals surface area contributed by atoms with Gasteiger partial charge in [-0.15, -0.1) is 11.3 Å². The number of rotatable bonds is 4. The number of hydrogen-bond acceptors (Lipinski definition) is 4. The zero-order valence-electron chi connectivity index (χ0n) is 10.9. The summed E-state index contributed by atoms with van der Waals surface area (Å²) in [6, 6.07) is 0.383. The molecule has 5 heteroatoms. The standard InChI is InChI=1S/C13H21N3OS/c1-9-11(18-13(8-14)15-9)7-12(17)16-10-5-3-2-4-6-10/h10H,2-8,14H2,1H3,(H,16,17). The minimum Gasteiger partial charge on any atom is -0.353 e. The van der Waals surface area contributed by atoms with Crippen molar-refractivity contribution in [3.63, 3.8) is 0 Å². The van der Waals surface area contributed by atoms with Gasteiger partial charge in [0.25, 0.3) is 0 Å². The van der Waals surface area contributed by atoms with Gasteiger partial charge in [0.2, 0.25) is 5.91 Å². The van der Waals surface area contributed by atoms with E-state index >= 15 is 0 Å². The molecule has 0 aliphatic heterocycles. The number of nitrogens with one attached hydrogen (secondary N) is 1. The predicted molar refractivity (Wildman–Crippen MR) is 73.5 cm³/mol. The maximum atomic E-state index is 12.0. The molecule has 0 saturated heterocycles. The van der Waals surface area contributed by atoms with E-state index in [-0.39, 0.29) is 5.91 Å². The first-order chi connectivity index (χ1) is 8.69. The zero-order chi connectivity index (χ0) is 13.0. The molecule has 100 valence electrons. The van der Waals surface area contributed by atoms with Crippen LogP contribution in [0.15, 0.2) is 0 Å². The zero-order valence-corrected chi connectivity index (χ0v) is 11.7. The van der Waals surface area contributed by atoms with Crippen molar-refractivity contribution >= 4 is 17.2 Å². The van der Waals surface area contributed by atoms with Crippen LogP contribution < -0.4 is 11.1 Å². The molecule has 0 unspecified atom stereocenters. The lowest BCUT2D eigenvalue weighted by atomic mass is 9.95. The van der Waals surface area contributed by atoms with Crippen LogP contribution in [0.1, 0.15) is 47.7 Å². The molecule has 1 aliphatic rings. The van der Waals surface area contributed by atoms with Crippen LogP contribution in [0.4, 0.5) is 0 Å². The van der Waals surface area contributed by atoms with E-state index in [1.807, 2.05) is 6.92 Å². The fraction of sp³-hybridized carbons (Fsp3) is 0.692. The van der Waals surface area contributed by atoms with Crippen LogP contribution in [-0.4, -0.2) is 16.9 Å². The van der Waals surface area contributed by atoms with Crippen molar-refractivity contribution < 1.29 is 4.79 Å². The van der Waals surface area contributed by atoms with E-state index in [4.69, 9.17) is 5.73 Å². The van der Waals surface area contributed by atoms with E-state index in [2.05, 4.69) is 10.3 Å². The Balaban J connectivity index is 1.87. The number of aromatic nitrogens is 1. The van der Waals surface area contributed by atoms with E-state index in [9.17, 15) is 4.79 Å². The second-order valence-electron chi connectivity index (χ2n) is 4.90.